The van der Waals surface area contributed by atoms with Gasteiger partial charge in [0.25, 0.3) is 5.91 Å². The van der Waals surface area contributed by atoms with Gasteiger partial charge < -0.3 is 130 Å². The molecule has 0 saturated carbocycles. The average Bonchev–Trinajstić information content (AvgIpc) is 0.743. The molecule has 2 aromatic carbocycles. The van der Waals surface area contributed by atoms with Gasteiger partial charge in [-0.15, -0.1) is 0 Å². The normalized spacial score (nSPS) is 16.6. The molecule has 0 bridgehead atoms. The van der Waals surface area contributed by atoms with E-state index in [1.807, 2.05) is 16.8 Å². The van der Waals surface area contributed by atoms with Crippen LogP contribution < -0.4 is 47.9 Å². The van der Waals surface area contributed by atoms with E-state index in [-0.39, 0.29) is 220 Å². The van der Waals surface area contributed by atoms with Crippen LogP contribution in [0.4, 0.5) is 0 Å². The van der Waals surface area contributed by atoms with Crippen LogP contribution in [0.5, 0.6) is 11.5 Å². The molecule has 3 aliphatic heterocycles. The van der Waals surface area contributed by atoms with Crippen molar-refractivity contribution in [3.05, 3.63) is 53.6 Å². The number of aliphatic hydroxyl groups excluding tert-OH is 2. The Morgan fingerprint density at radius 1 is 0.628 bits per heavy atom. The van der Waals surface area contributed by atoms with Gasteiger partial charge in [0.05, 0.1) is 136 Å². The summed E-state index contributed by atoms with van der Waals surface area (Å²) in [6, 6.07) is 7.30. The number of rotatable bonds is 62. The summed E-state index contributed by atoms with van der Waals surface area (Å²) >= 11 is 5.96. The second-order valence-electron chi connectivity index (χ2n) is 28.9. The minimum absolute atomic E-state index is 0.00333. The number of aliphatic hydroxyl groups is 2. The molecule has 0 radical (unpaired) electrons. The Bertz CT molecular complexity index is 3610. The van der Waals surface area contributed by atoms with E-state index in [0.717, 1.165) is 26.2 Å². The van der Waals surface area contributed by atoms with Crippen LogP contribution in [0.2, 0.25) is 5.02 Å². The van der Waals surface area contributed by atoms with Crippen LogP contribution in [-0.4, -0.2) is 394 Å². The Kier molecular flexibility index (Phi) is 49.8. The first kappa shape index (κ1) is 104. The summed E-state index contributed by atoms with van der Waals surface area (Å²) in [6.45, 7) is 7.07. The van der Waals surface area contributed by atoms with Gasteiger partial charge in [-0.2, -0.15) is 0 Å². The van der Waals surface area contributed by atoms with Crippen LogP contribution >= 0.6 is 19.2 Å². The number of guanidine groups is 1. The van der Waals surface area contributed by atoms with E-state index >= 15 is 0 Å². The van der Waals surface area contributed by atoms with Gasteiger partial charge in [0.15, 0.2) is 20.5 Å². The van der Waals surface area contributed by atoms with Crippen molar-refractivity contribution in [1.82, 2.24) is 66.8 Å². The molecular weight excluding hydrogens is 1650 g/mol. The number of halogens is 1. The predicted octanol–water partition coefficient (Wildman–Crippen LogP) is -2.67. The number of likely N-dealkylation sites (tertiary alicyclic amines) is 3. The number of hydroxylamine groups is 1. The van der Waals surface area contributed by atoms with Crippen LogP contribution in [0.25, 0.3) is 0 Å². The molecule has 3 aliphatic rings. The van der Waals surface area contributed by atoms with E-state index in [0.29, 0.717) is 35.9 Å². The number of hydrogen-bond donors (Lipinski definition) is 14. The van der Waals surface area contributed by atoms with Crippen molar-refractivity contribution in [1.29, 1.82) is 5.41 Å². The number of hydrogen-bond acceptors (Lipinski definition) is 29. The minimum Gasteiger partial charge on any atom is -0.457 e. The summed E-state index contributed by atoms with van der Waals surface area (Å²) in [6.07, 6.45) is 1.78. The van der Waals surface area contributed by atoms with Gasteiger partial charge in [0.2, 0.25) is 47.3 Å². The Morgan fingerprint density at radius 3 is 1.69 bits per heavy atom. The number of benzene rings is 2. The number of likely N-dealkylation sites (N-methyl/N-ethyl adjacent to an activating group) is 1. The summed E-state index contributed by atoms with van der Waals surface area (Å²) < 4.78 is 94.6. The lowest BCUT2D eigenvalue weighted by molar-refractivity contribution is -0.143. The number of nitrogens with zero attached hydrogens (tertiary/aromatic N) is 6. The second-order valence-corrected chi connectivity index (χ2v) is 33.4. The van der Waals surface area contributed by atoms with E-state index < -0.39 is 126 Å². The summed E-state index contributed by atoms with van der Waals surface area (Å²) in [4.78, 5) is 149. The van der Waals surface area contributed by atoms with Crippen LogP contribution in [0.3, 0.4) is 0 Å². The fourth-order valence-corrected chi connectivity index (χ4v) is 15.6. The van der Waals surface area contributed by atoms with Crippen LogP contribution in [-0.2, 0) is 100 Å². The lowest BCUT2D eigenvalue weighted by Gasteiger charge is -2.39. The molecule has 3 fully saturated rings. The molecule has 0 spiro atoms. The fraction of sp³-hybridized carbons (Fsp3) is 0.711. The summed E-state index contributed by atoms with van der Waals surface area (Å²) in [5.41, 5.74) is 7.08. The van der Waals surface area contributed by atoms with Gasteiger partial charge >= 0.3 is 7.60 Å². The SMILES string of the molecule is CCOCC(=O)NC(CC(=O)N(CCCP(=O)(O)O)CCOCCOCCNC(=O)CN(C)CCN1CCCCC1)C(=O)N(CCOCCOCCOCCNC(=O)CCN1CCC(C(=O)NO)(S(=O)(=O)c2ccc(Oc3ccc(Cl)cc3)cc2)CC1)CCOCCOCCOCC(=O)NC(CO)C(=O)NC(C)C(=O)NC1CCCN(C(=N)N)C1O. The van der Waals surface area contributed by atoms with Crippen LogP contribution in [0, 0.1) is 5.41 Å². The molecule has 5 atom stereocenters. The van der Waals surface area contributed by atoms with E-state index in [2.05, 4.69) is 36.8 Å². The molecule has 15 N–H and O–H groups in total. The van der Waals surface area contributed by atoms with Crippen molar-refractivity contribution < 1.29 is 129 Å². The van der Waals surface area contributed by atoms with Gasteiger partial charge in [0.1, 0.15) is 49.1 Å². The van der Waals surface area contributed by atoms with E-state index in [9.17, 15) is 81.3 Å². The number of piperidine rings is 3. The Balaban J connectivity index is 1.07. The quantitative estimate of drug-likeness (QED) is 0.00802. The summed E-state index contributed by atoms with van der Waals surface area (Å²) in [5.74, 6) is -5.42. The molecule has 3 heterocycles. The summed E-state index contributed by atoms with van der Waals surface area (Å²) in [5, 5.41) is 53.9. The second kappa shape index (κ2) is 57.9. The van der Waals surface area contributed by atoms with Gasteiger partial charge in [0, 0.05) is 96.6 Å². The van der Waals surface area contributed by atoms with E-state index in [4.69, 9.17) is 70.1 Å². The molecule has 3 saturated heterocycles. The highest BCUT2D eigenvalue weighted by Crippen LogP contribution is 2.38. The number of sulfone groups is 1. The van der Waals surface area contributed by atoms with E-state index in [1.165, 1.54) is 65.2 Å². The maximum absolute atomic E-state index is 14.7. The number of amides is 9. The van der Waals surface area contributed by atoms with Crippen LogP contribution in [0.1, 0.15) is 78.1 Å². The van der Waals surface area contributed by atoms with Crippen molar-refractivity contribution in [2.45, 2.75) is 118 Å². The molecule has 9 amide bonds. The zero-order valence-corrected chi connectivity index (χ0v) is 72.0. The van der Waals surface area contributed by atoms with Gasteiger partial charge in [-0.25, -0.2) is 13.9 Å². The van der Waals surface area contributed by atoms with Crippen molar-refractivity contribution in [2.75, 3.05) is 237 Å². The molecule has 45 heteroatoms. The molecule has 0 aliphatic carbocycles. The standard InChI is InChI=1S/C76H127ClN15O27PS/c1-4-110-55-67(96)83-63(52-69(98)90(26-9-51-120(105,106)107)33-38-113-43-41-112-37-23-81-66(95)53-87(3)31-32-88-24-6-5-7-25-88)72(101)91(35-40-115-45-48-117-49-50-118-56-68(97)84-64(54-93)71(100)82-57(2)70(99)85-62-10-8-27-92(73(62)102)75(78)79)34-39-114-44-47-116-46-42-111-36-22-80-65(94)19-28-89-29-20-76(21-30-89,74(103)86-104)121(108,109)61-17-15-60(16-18-61)119-59-13-11-58(77)12-14-59/h11-18,57,62-64,73,93,102,104H,4-10,19-56H2,1-3H3,(H3,78,79)(H,80,94)(H,81,95)(H,82,100)(H,83,96)(H,84,97)(H,85,99)(H,86,103)(H2,105,106,107). The van der Waals surface area contributed by atoms with Crippen molar-refractivity contribution >= 4 is 88.2 Å². The highest BCUT2D eigenvalue weighted by molar-refractivity contribution is 7.93. The number of nitrogens with two attached hydrogens (primary N) is 1. The molecule has 0 aromatic heterocycles. The monoisotopic (exact) mass is 1780 g/mol. The number of carbonyl (C=O) groups excluding carboxylic acids is 9. The third-order valence-electron chi connectivity index (χ3n) is 19.7. The first-order valence-electron chi connectivity index (χ1n) is 40.8. The van der Waals surface area contributed by atoms with Gasteiger partial charge in [-0.3, -0.25) is 63.2 Å². The Hall–Kier alpha value is -7.47. The lowest BCUT2D eigenvalue weighted by Crippen LogP contribution is -2.61. The molecule has 5 unspecified atom stereocenters. The predicted molar refractivity (Wildman–Crippen MR) is 439 cm³/mol. The topological polar surface area (TPSA) is 552 Å². The molecule has 42 nitrogen and oxygen atoms in total. The van der Waals surface area contributed by atoms with Crippen LogP contribution in [0.15, 0.2) is 53.4 Å². The van der Waals surface area contributed by atoms with Crippen molar-refractivity contribution in [2.24, 2.45) is 5.73 Å². The molecule has 2 aromatic rings. The first-order valence-corrected chi connectivity index (χ1v) is 44.4. The zero-order chi connectivity index (χ0) is 88.4. The lowest BCUT2D eigenvalue weighted by atomic mass is 9.94. The molecule has 686 valence electrons. The first-order chi connectivity index (χ1) is 58.0. The van der Waals surface area contributed by atoms with Crippen molar-refractivity contribution in [3.63, 3.8) is 0 Å². The molecular formula is C76H127ClN15O27PS. The molecule has 121 heavy (non-hydrogen) atoms. The Morgan fingerprint density at radius 2 is 1.14 bits per heavy atom. The van der Waals surface area contributed by atoms with Crippen molar-refractivity contribution in [3.8, 4) is 11.5 Å². The maximum atomic E-state index is 14.7. The number of nitrogens with one attached hydrogen (secondary N) is 8. The largest absolute Gasteiger partial charge is 0.457 e. The van der Waals surface area contributed by atoms with E-state index in [1.54, 1.807) is 36.7 Å². The van der Waals surface area contributed by atoms with Gasteiger partial charge in [-0.1, -0.05) is 18.0 Å². The highest BCUT2D eigenvalue weighted by atomic mass is 35.5. The third-order valence-corrected chi connectivity index (χ3v) is 23.4. The highest BCUT2D eigenvalue weighted by Gasteiger charge is 2.53. The molecule has 5 rings (SSSR count). The maximum Gasteiger partial charge on any atom is 0.325 e. The number of ether oxygens (including phenoxy) is 10. The van der Waals surface area contributed by atoms with Gasteiger partial charge in [-0.05, 0) is 127 Å². The third kappa shape index (κ3) is 40.4. The fourth-order valence-electron chi connectivity index (χ4n) is 13.0. The minimum atomic E-state index is -4.50. The number of carbonyl (C=O) groups is 9. The average molecular weight is 1780 g/mol. The summed E-state index contributed by atoms with van der Waals surface area (Å²) in [7, 11) is -6.92. The smallest absolute Gasteiger partial charge is 0.325 e. The Labute approximate surface area is 711 Å². The zero-order valence-electron chi connectivity index (χ0n) is 69.5.